The number of hydrogen-bond acceptors (Lipinski definition) is 8. The first-order valence-corrected chi connectivity index (χ1v) is 6.12. The Kier molecular flexibility index (Phi) is 3.05. The summed E-state index contributed by atoms with van der Waals surface area (Å²) in [5.74, 6) is 0.741. The van der Waals surface area contributed by atoms with Crippen LogP contribution in [0.25, 0.3) is 11.2 Å². The van der Waals surface area contributed by atoms with Crippen molar-refractivity contribution in [1.82, 2.24) is 19.5 Å². The Morgan fingerprint density at radius 2 is 2.10 bits per heavy atom. The van der Waals surface area contributed by atoms with E-state index < -0.39 is 31.1 Å². The van der Waals surface area contributed by atoms with E-state index in [4.69, 9.17) is 15.6 Å². The molecule has 0 bridgehead atoms. The number of anilines is 1. The van der Waals surface area contributed by atoms with Crippen LogP contribution in [-0.4, -0.2) is 59.8 Å². The minimum absolute atomic E-state index is 0.226. The van der Waals surface area contributed by atoms with Crippen molar-refractivity contribution >= 4 is 17.0 Å². The number of nitrogens with zero attached hydrogens (tertiary/aromatic N) is 4. The third kappa shape index (κ3) is 1.75. The van der Waals surface area contributed by atoms with Gasteiger partial charge in [0, 0.05) is 0 Å². The Morgan fingerprint density at radius 1 is 1.35 bits per heavy atom. The third-order valence-corrected chi connectivity index (χ3v) is 3.45. The van der Waals surface area contributed by atoms with E-state index in [2.05, 4.69) is 15.0 Å². The fraction of sp³-hybridized carbons (Fsp3) is 0.545. The number of aliphatic hydroxyl groups excluding tert-OH is 3. The van der Waals surface area contributed by atoms with Crippen LogP contribution in [0.2, 0.25) is 0 Å². The third-order valence-electron chi connectivity index (χ3n) is 3.45. The summed E-state index contributed by atoms with van der Waals surface area (Å²) in [6, 6.07) is 0. The molecule has 0 aliphatic carbocycles. The van der Waals surface area contributed by atoms with Crippen LogP contribution in [0, 0.1) is 6.92 Å². The molecule has 2 unspecified atom stereocenters. The molecule has 2 aromatic heterocycles. The van der Waals surface area contributed by atoms with Crippen molar-refractivity contribution < 1.29 is 20.1 Å². The largest absolute Gasteiger partial charge is 0.394 e. The summed E-state index contributed by atoms with van der Waals surface area (Å²) in [5, 5.41) is 29.0. The highest BCUT2D eigenvalue weighted by Crippen LogP contribution is 2.33. The summed E-state index contributed by atoms with van der Waals surface area (Å²) in [6.45, 7) is 1.31. The lowest BCUT2D eigenvalue weighted by Gasteiger charge is -2.18. The molecule has 0 spiro atoms. The van der Waals surface area contributed by atoms with E-state index in [1.807, 2.05) is 0 Å². The van der Waals surface area contributed by atoms with Crippen molar-refractivity contribution in [3.05, 3.63) is 12.2 Å². The summed E-state index contributed by atoms with van der Waals surface area (Å²) in [4.78, 5) is 12.2. The predicted octanol–water partition coefficient (Wildman–Crippen LogP) is -1.67. The van der Waals surface area contributed by atoms with E-state index in [9.17, 15) is 10.2 Å². The van der Waals surface area contributed by atoms with Gasteiger partial charge in [0.25, 0.3) is 0 Å². The fourth-order valence-corrected chi connectivity index (χ4v) is 2.43. The summed E-state index contributed by atoms with van der Waals surface area (Å²) in [6.07, 6.45) is -2.83. The summed E-state index contributed by atoms with van der Waals surface area (Å²) in [5.41, 5.74) is 6.55. The molecular formula is C11H15N5O4. The first-order chi connectivity index (χ1) is 9.54. The van der Waals surface area contributed by atoms with Gasteiger partial charge in [-0.2, -0.15) is 0 Å². The molecule has 0 radical (unpaired) electrons. The molecular weight excluding hydrogens is 266 g/mol. The van der Waals surface area contributed by atoms with Gasteiger partial charge in [0.1, 0.15) is 30.5 Å². The number of fused-ring (bicyclic) bond motifs is 1. The van der Waals surface area contributed by atoms with Gasteiger partial charge in [-0.05, 0) is 6.92 Å². The Hall–Kier alpha value is -1.81. The van der Waals surface area contributed by atoms with Gasteiger partial charge in [-0.25, -0.2) is 15.0 Å². The Labute approximate surface area is 113 Å². The average Bonchev–Trinajstić information content (AvgIpc) is 2.90. The molecule has 108 valence electrons. The number of nitrogen functional groups attached to an aromatic ring is 1. The molecule has 0 aromatic carbocycles. The quantitative estimate of drug-likeness (QED) is 0.512. The molecule has 2 aromatic rings. The fourth-order valence-electron chi connectivity index (χ4n) is 2.43. The lowest BCUT2D eigenvalue weighted by molar-refractivity contribution is -0.0519. The lowest BCUT2D eigenvalue weighted by atomic mass is 10.1. The van der Waals surface area contributed by atoms with E-state index in [-0.39, 0.29) is 5.82 Å². The van der Waals surface area contributed by atoms with Crippen LogP contribution in [-0.2, 0) is 4.74 Å². The maximum absolute atomic E-state index is 10.1. The highest BCUT2D eigenvalue weighted by Gasteiger charge is 2.44. The highest BCUT2D eigenvalue weighted by molar-refractivity contribution is 5.81. The second-order valence-corrected chi connectivity index (χ2v) is 4.69. The number of hydrogen-bond donors (Lipinski definition) is 4. The summed E-state index contributed by atoms with van der Waals surface area (Å²) < 4.78 is 7.02. The molecule has 0 amide bonds. The van der Waals surface area contributed by atoms with Crippen LogP contribution < -0.4 is 5.73 Å². The number of nitrogens with two attached hydrogens (primary N) is 1. The highest BCUT2D eigenvalue weighted by atomic mass is 16.6. The Morgan fingerprint density at radius 3 is 2.75 bits per heavy atom. The number of aromatic nitrogens is 4. The monoisotopic (exact) mass is 281 g/mol. The molecule has 1 aliphatic heterocycles. The standard InChI is InChI=1S/C11H15N5O4/c1-4-15-6-9(12)13-3-14-10(6)16(4)11-8(19)7(18)5(2-17)20-11/h3,5,7-8,11,17-19H,2H2,1H3,(H2,12,13,14)/t5-,7?,8?,11-/m1/s1. The van der Waals surface area contributed by atoms with Gasteiger partial charge in [-0.1, -0.05) is 0 Å². The van der Waals surface area contributed by atoms with Crippen molar-refractivity contribution in [2.24, 2.45) is 0 Å². The van der Waals surface area contributed by atoms with Crippen molar-refractivity contribution in [2.45, 2.75) is 31.5 Å². The zero-order valence-electron chi connectivity index (χ0n) is 10.7. The van der Waals surface area contributed by atoms with Gasteiger partial charge in [-0.15, -0.1) is 0 Å². The van der Waals surface area contributed by atoms with Gasteiger partial charge in [0.2, 0.25) is 0 Å². The summed E-state index contributed by atoms with van der Waals surface area (Å²) in [7, 11) is 0. The van der Waals surface area contributed by atoms with Crippen molar-refractivity contribution in [1.29, 1.82) is 0 Å². The van der Waals surface area contributed by atoms with Gasteiger partial charge < -0.3 is 25.8 Å². The lowest BCUT2D eigenvalue weighted by Crippen LogP contribution is -2.33. The second-order valence-electron chi connectivity index (χ2n) is 4.69. The maximum Gasteiger partial charge on any atom is 0.167 e. The zero-order chi connectivity index (χ0) is 14.4. The summed E-state index contributed by atoms with van der Waals surface area (Å²) >= 11 is 0. The predicted molar refractivity (Wildman–Crippen MR) is 67.5 cm³/mol. The molecule has 9 nitrogen and oxygen atoms in total. The van der Waals surface area contributed by atoms with Crippen molar-refractivity contribution in [2.75, 3.05) is 12.3 Å². The SMILES string of the molecule is Cc1nc2c(N)ncnc2n1[C@@H]1O[C@H](CO)C(O)C1O. The van der Waals surface area contributed by atoms with Crippen LogP contribution >= 0.6 is 0 Å². The number of imidazole rings is 1. The molecule has 1 saturated heterocycles. The number of ether oxygens (including phenoxy) is 1. The van der Waals surface area contributed by atoms with E-state index in [0.29, 0.717) is 17.0 Å². The normalized spacial score (nSPS) is 30.2. The molecule has 3 rings (SSSR count). The van der Waals surface area contributed by atoms with Gasteiger partial charge in [0.15, 0.2) is 23.2 Å². The first kappa shape index (κ1) is 13.2. The van der Waals surface area contributed by atoms with Crippen LogP contribution in [0.3, 0.4) is 0 Å². The Balaban J connectivity index is 2.11. The van der Waals surface area contributed by atoms with E-state index >= 15 is 0 Å². The molecule has 20 heavy (non-hydrogen) atoms. The van der Waals surface area contributed by atoms with Crippen LogP contribution in [0.1, 0.15) is 12.1 Å². The van der Waals surface area contributed by atoms with Crippen LogP contribution in [0.5, 0.6) is 0 Å². The zero-order valence-corrected chi connectivity index (χ0v) is 10.7. The molecule has 4 atom stereocenters. The van der Waals surface area contributed by atoms with Crippen LogP contribution in [0.15, 0.2) is 6.33 Å². The van der Waals surface area contributed by atoms with Crippen molar-refractivity contribution in [3.8, 4) is 0 Å². The number of aryl methyl sites for hydroxylation is 1. The van der Waals surface area contributed by atoms with Crippen molar-refractivity contribution in [3.63, 3.8) is 0 Å². The smallest absolute Gasteiger partial charge is 0.167 e. The Bertz CT molecular complexity index is 645. The first-order valence-electron chi connectivity index (χ1n) is 6.12. The molecule has 1 aliphatic rings. The molecule has 0 saturated carbocycles. The van der Waals surface area contributed by atoms with E-state index in [1.54, 1.807) is 6.92 Å². The van der Waals surface area contributed by atoms with Gasteiger partial charge >= 0.3 is 0 Å². The van der Waals surface area contributed by atoms with Gasteiger partial charge in [0.05, 0.1) is 6.61 Å². The van der Waals surface area contributed by atoms with E-state index in [1.165, 1.54) is 10.9 Å². The minimum Gasteiger partial charge on any atom is -0.394 e. The second kappa shape index (κ2) is 4.63. The molecule has 3 heterocycles. The van der Waals surface area contributed by atoms with Gasteiger partial charge in [-0.3, -0.25) is 4.57 Å². The number of aliphatic hydroxyl groups is 3. The van der Waals surface area contributed by atoms with Crippen LogP contribution in [0.4, 0.5) is 5.82 Å². The molecule has 1 fully saturated rings. The number of rotatable bonds is 2. The minimum atomic E-state index is -1.19. The molecule has 5 N–H and O–H groups in total. The topological polar surface area (TPSA) is 140 Å². The average molecular weight is 281 g/mol. The molecule has 9 heteroatoms. The maximum atomic E-state index is 10.1. The van der Waals surface area contributed by atoms with E-state index in [0.717, 1.165) is 0 Å².